The van der Waals surface area contributed by atoms with E-state index >= 15 is 0 Å². The van der Waals surface area contributed by atoms with Gasteiger partial charge in [-0.25, -0.2) is 0 Å². The van der Waals surface area contributed by atoms with Crippen LogP contribution in [0.4, 0.5) is 0 Å². The molecule has 86 valence electrons. The van der Waals surface area contributed by atoms with Crippen LogP contribution in [0.3, 0.4) is 0 Å². The summed E-state index contributed by atoms with van der Waals surface area (Å²) in [5.41, 5.74) is 7.91. The van der Waals surface area contributed by atoms with Gasteiger partial charge in [0.15, 0.2) is 0 Å². The van der Waals surface area contributed by atoms with Crippen molar-refractivity contribution in [1.82, 2.24) is 10.9 Å². The van der Waals surface area contributed by atoms with Gasteiger partial charge in [-0.15, -0.1) is 0 Å². The van der Waals surface area contributed by atoms with Gasteiger partial charge in [0.2, 0.25) is 0 Å². The van der Waals surface area contributed by atoms with Crippen LogP contribution >= 0.6 is 0 Å². The normalized spacial score (nSPS) is 19.9. The second-order valence-electron chi connectivity index (χ2n) is 4.37. The van der Waals surface area contributed by atoms with E-state index in [1.165, 1.54) is 24.8 Å². The number of allylic oxidation sites excluding steroid dienone is 2. The number of hydrazine groups is 1. The largest absolute Gasteiger partial charge is 0.257 e. The summed E-state index contributed by atoms with van der Waals surface area (Å²) in [5.74, 6) is 0.799. The molecule has 0 bridgehead atoms. The minimum atomic E-state index is 0.799. The van der Waals surface area contributed by atoms with E-state index < -0.39 is 0 Å². The highest BCUT2D eigenvalue weighted by Gasteiger charge is 2.08. The lowest BCUT2D eigenvalue weighted by Gasteiger charge is -2.18. The molecule has 0 fully saturated rings. The van der Waals surface area contributed by atoms with E-state index in [0.29, 0.717) is 0 Å². The van der Waals surface area contributed by atoms with Crippen molar-refractivity contribution < 1.29 is 0 Å². The van der Waals surface area contributed by atoms with Crippen LogP contribution < -0.4 is 10.9 Å². The third kappa shape index (κ3) is 3.80. The number of hydrogen-bond acceptors (Lipinski definition) is 2. The summed E-state index contributed by atoms with van der Waals surface area (Å²) in [6.45, 7) is 1.96. The van der Waals surface area contributed by atoms with Gasteiger partial charge >= 0.3 is 0 Å². The highest BCUT2D eigenvalue weighted by Crippen LogP contribution is 2.16. The highest BCUT2D eigenvalue weighted by atomic mass is 15.3. The van der Waals surface area contributed by atoms with Crippen LogP contribution in [0.15, 0.2) is 42.5 Å². The average molecular weight is 216 g/mol. The Labute approximate surface area is 97.7 Å². The van der Waals surface area contributed by atoms with Crippen LogP contribution in [0.2, 0.25) is 0 Å². The zero-order valence-electron chi connectivity index (χ0n) is 9.65. The monoisotopic (exact) mass is 216 g/mol. The lowest BCUT2D eigenvalue weighted by atomic mass is 9.95. The van der Waals surface area contributed by atoms with Gasteiger partial charge in [-0.3, -0.25) is 10.9 Å². The Morgan fingerprint density at radius 3 is 2.69 bits per heavy atom. The zero-order valence-corrected chi connectivity index (χ0v) is 9.65. The van der Waals surface area contributed by atoms with Gasteiger partial charge in [0, 0.05) is 13.1 Å². The quantitative estimate of drug-likeness (QED) is 0.449. The minimum absolute atomic E-state index is 0.799. The standard InChI is InChI=1S/C14H20N2/c1-3-7-13(8-4-1)11-15-16-12-14-9-5-2-6-10-14/h1-5,7-8,14-16H,6,9-12H2. The third-order valence-electron chi connectivity index (χ3n) is 3.03. The molecule has 0 heterocycles. The summed E-state index contributed by atoms with van der Waals surface area (Å²) in [7, 11) is 0. The van der Waals surface area contributed by atoms with Crippen LogP contribution in [0.5, 0.6) is 0 Å². The predicted molar refractivity (Wildman–Crippen MR) is 67.8 cm³/mol. The van der Waals surface area contributed by atoms with E-state index in [2.05, 4.69) is 47.3 Å². The van der Waals surface area contributed by atoms with Crippen molar-refractivity contribution in [1.29, 1.82) is 0 Å². The summed E-state index contributed by atoms with van der Waals surface area (Å²) < 4.78 is 0. The first kappa shape index (κ1) is 11.4. The van der Waals surface area contributed by atoms with E-state index in [4.69, 9.17) is 0 Å². The van der Waals surface area contributed by atoms with Crippen molar-refractivity contribution in [3.8, 4) is 0 Å². The second kappa shape index (κ2) is 6.46. The van der Waals surface area contributed by atoms with Crippen LogP contribution in [-0.2, 0) is 6.54 Å². The van der Waals surface area contributed by atoms with Crippen LogP contribution in [0, 0.1) is 5.92 Å². The molecule has 0 saturated carbocycles. The van der Waals surface area contributed by atoms with Gasteiger partial charge in [-0.1, -0.05) is 42.5 Å². The van der Waals surface area contributed by atoms with Gasteiger partial charge in [-0.2, -0.15) is 0 Å². The molecule has 0 spiro atoms. The molecule has 1 aliphatic rings. The first-order chi connectivity index (χ1) is 7.95. The molecule has 2 nitrogen and oxygen atoms in total. The lowest BCUT2D eigenvalue weighted by molar-refractivity contribution is 0.401. The molecule has 1 unspecified atom stereocenters. The van der Waals surface area contributed by atoms with Gasteiger partial charge in [-0.05, 0) is 30.7 Å². The van der Waals surface area contributed by atoms with E-state index in [1.54, 1.807) is 0 Å². The summed E-state index contributed by atoms with van der Waals surface area (Å²) in [6.07, 6.45) is 8.36. The predicted octanol–water partition coefficient (Wildman–Crippen LogP) is 2.64. The maximum Gasteiger partial charge on any atom is 0.0351 e. The molecule has 1 aromatic carbocycles. The molecule has 0 saturated heterocycles. The number of benzene rings is 1. The SMILES string of the molecule is C1=CCC(CNNCc2ccccc2)CC1. The second-order valence-corrected chi connectivity index (χ2v) is 4.37. The first-order valence-electron chi connectivity index (χ1n) is 6.10. The molecule has 16 heavy (non-hydrogen) atoms. The Morgan fingerprint density at radius 2 is 1.94 bits per heavy atom. The topological polar surface area (TPSA) is 24.1 Å². The summed E-state index contributed by atoms with van der Waals surface area (Å²) in [4.78, 5) is 0. The van der Waals surface area contributed by atoms with Gasteiger partial charge in [0.05, 0.1) is 0 Å². The Balaban J connectivity index is 1.60. The molecule has 2 rings (SSSR count). The van der Waals surface area contributed by atoms with E-state index in [0.717, 1.165) is 19.0 Å². The Bertz CT molecular complexity index is 319. The molecular weight excluding hydrogens is 196 g/mol. The maximum absolute atomic E-state index is 3.32. The van der Waals surface area contributed by atoms with E-state index in [-0.39, 0.29) is 0 Å². The maximum atomic E-state index is 3.32. The fourth-order valence-electron chi connectivity index (χ4n) is 2.02. The average Bonchev–Trinajstić information content (AvgIpc) is 2.37. The molecule has 0 radical (unpaired) electrons. The van der Waals surface area contributed by atoms with Gasteiger partial charge in [0.1, 0.15) is 0 Å². The van der Waals surface area contributed by atoms with Crippen molar-refractivity contribution in [2.45, 2.75) is 25.8 Å². The van der Waals surface area contributed by atoms with Crippen molar-refractivity contribution in [2.24, 2.45) is 5.92 Å². The van der Waals surface area contributed by atoms with Crippen LogP contribution in [0.25, 0.3) is 0 Å². The van der Waals surface area contributed by atoms with Crippen LogP contribution in [0.1, 0.15) is 24.8 Å². The molecule has 2 N–H and O–H groups in total. The molecule has 0 aromatic heterocycles. The van der Waals surface area contributed by atoms with Crippen molar-refractivity contribution >= 4 is 0 Å². The fraction of sp³-hybridized carbons (Fsp3) is 0.429. The summed E-state index contributed by atoms with van der Waals surface area (Å²) >= 11 is 0. The Kier molecular flexibility index (Phi) is 4.59. The molecule has 1 aliphatic carbocycles. The molecule has 2 heteroatoms. The molecular formula is C14H20N2. The minimum Gasteiger partial charge on any atom is -0.257 e. The first-order valence-corrected chi connectivity index (χ1v) is 6.10. The number of rotatable bonds is 5. The molecule has 0 aliphatic heterocycles. The van der Waals surface area contributed by atoms with E-state index in [9.17, 15) is 0 Å². The third-order valence-corrected chi connectivity index (χ3v) is 3.03. The van der Waals surface area contributed by atoms with Crippen molar-refractivity contribution in [3.05, 3.63) is 48.0 Å². The molecule has 1 aromatic rings. The Hall–Kier alpha value is -1.12. The smallest absolute Gasteiger partial charge is 0.0351 e. The van der Waals surface area contributed by atoms with Crippen molar-refractivity contribution in [2.75, 3.05) is 6.54 Å². The Morgan fingerprint density at radius 1 is 1.06 bits per heavy atom. The van der Waals surface area contributed by atoms with Gasteiger partial charge < -0.3 is 0 Å². The number of nitrogens with one attached hydrogen (secondary N) is 2. The summed E-state index contributed by atoms with van der Waals surface area (Å²) in [6, 6.07) is 10.5. The van der Waals surface area contributed by atoms with Crippen LogP contribution in [-0.4, -0.2) is 6.54 Å². The number of hydrogen-bond donors (Lipinski definition) is 2. The van der Waals surface area contributed by atoms with Crippen molar-refractivity contribution in [3.63, 3.8) is 0 Å². The highest BCUT2D eigenvalue weighted by molar-refractivity contribution is 5.13. The lowest BCUT2D eigenvalue weighted by Crippen LogP contribution is -2.35. The fourth-order valence-corrected chi connectivity index (χ4v) is 2.02. The zero-order chi connectivity index (χ0) is 11.1. The van der Waals surface area contributed by atoms with E-state index in [1.807, 2.05) is 6.07 Å². The van der Waals surface area contributed by atoms with Gasteiger partial charge in [0.25, 0.3) is 0 Å². The molecule has 0 amide bonds. The summed E-state index contributed by atoms with van der Waals surface area (Å²) in [5, 5.41) is 0. The molecule has 1 atom stereocenters.